The average molecular weight is 529 g/mol. The van der Waals surface area contributed by atoms with Crippen LogP contribution < -0.4 is 21.7 Å². The maximum absolute atomic E-state index is 12.8. The molecule has 1 unspecified atom stereocenters. The van der Waals surface area contributed by atoms with Crippen molar-refractivity contribution in [2.45, 2.75) is 75.1 Å². The number of nitrogens with two attached hydrogens (primary N) is 1. The lowest BCUT2D eigenvalue weighted by atomic mass is 10.1. The molecule has 1 aliphatic rings. The smallest absolute Gasteiger partial charge is 0.326 e. The number of H-pyrrole nitrogens is 1. The molecule has 3 atom stereocenters. The van der Waals surface area contributed by atoms with Gasteiger partial charge in [0.1, 0.15) is 12.1 Å². The number of nitrogens with zero attached hydrogens (tertiary/aromatic N) is 1. The van der Waals surface area contributed by atoms with Crippen LogP contribution in [0, 0.1) is 0 Å². The molecule has 0 radical (unpaired) electrons. The van der Waals surface area contributed by atoms with Crippen molar-refractivity contribution in [3.05, 3.63) is 18.2 Å². The van der Waals surface area contributed by atoms with Crippen molar-refractivity contribution in [3.8, 4) is 0 Å². The SMILES string of the molecule is NCCCC[C@H](NC(=O)[C@H](Cc1cnc[nH]1)NC(=O)CNC(=O)CCCCC1CCSS1)C(=O)O. The van der Waals surface area contributed by atoms with Crippen LogP contribution in [0.2, 0.25) is 0 Å². The summed E-state index contributed by atoms with van der Waals surface area (Å²) < 4.78 is 0. The van der Waals surface area contributed by atoms with Crippen molar-refractivity contribution in [2.24, 2.45) is 5.73 Å². The molecule has 13 heteroatoms. The van der Waals surface area contributed by atoms with E-state index in [-0.39, 0.29) is 25.3 Å². The first-order valence-electron chi connectivity index (χ1n) is 11.9. The van der Waals surface area contributed by atoms with Crippen LogP contribution >= 0.6 is 21.6 Å². The number of aromatic amines is 1. The standard InChI is InChI=1S/C22H36N6O5S2/c23-9-4-3-6-17(22(32)33)28-21(31)18(11-15-12-24-14-26-15)27-20(30)13-25-19(29)7-2-1-5-16-8-10-34-35-16/h12,14,16-18H,1-11,13,23H2,(H,24,26)(H,25,29)(H,27,30)(H,28,31)(H,32,33)/t16?,17-,18-/m0/s1. The second kappa shape index (κ2) is 16.4. The number of carbonyl (C=O) groups is 4. The zero-order chi connectivity index (χ0) is 25.5. The Morgan fingerprint density at radius 3 is 2.63 bits per heavy atom. The van der Waals surface area contributed by atoms with E-state index < -0.39 is 29.9 Å². The minimum Gasteiger partial charge on any atom is -0.480 e. The van der Waals surface area contributed by atoms with Crippen molar-refractivity contribution in [3.63, 3.8) is 0 Å². The lowest BCUT2D eigenvalue weighted by Gasteiger charge is -2.21. The second-order valence-corrected chi connectivity index (χ2v) is 11.2. The third-order valence-electron chi connectivity index (χ3n) is 5.55. The predicted molar refractivity (Wildman–Crippen MR) is 137 cm³/mol. The molecule has 1 aromatic rings. The summed E-state index contributed by atoms with van der Waals surface area (Å²) in [5, 5.41) is 17.8. The monoisotopic (exact) mass is 528 g/mol. The Balaban J connectivity index is 1.80. The van der Waals surface area contributed by atoms with E-state index in [1.807, 2.05) is 21.6 Å². The Morgan fingerprint density at radius 1 is 1.14 bits per heavy atom. The van der Waals surface area contributed by atoms with Crippen molar-refractivity contribution in [2.75, 3.05) is 18.8 Å². The highest BCUT2D eigenvalue weighted by molar-refractivity contribution is 8.77. The number of rotatable bonds is 17. The van der Waals surface area contributed by atoms with E-state index in [0.29, 0.717) is 36.8 Å². The summed E-state index contributed by atoms with van der Waals surface area (Å²) in [6.45, 7) is 0.169. The summed E-state index contributed by atoms with van der Waals surface area (Å²) in [6, 6.07) is -2.12. The molecule has 0 bridgehead atoms. The van der Waals surface area contributed by atoms with E-state index >= 15 is 0 Å². The predicted octanol–water partition coefficient (Wildman–Crippen LogP) is 0.966. The molecule has 1 fully saturated rings. The number of aliphatic carboxylic acids is 1. The number of aromatic nitrogens is 2. The normalized spacial score (nSPS) is 16.9. The van der Waals surface area contributed by atoms with Crippen LogP contribution in [0.5, 0.6) is 0 Å². The van der Waals surface area contributed by atoms with E-state index in [1.165, 1.54) is 24.7 Å². The van der Waals surface area contributed by atoms with Gasteiger partial charge in [0, 0.05) is 35.7 Å². The van der Waals surface area contributed by atoms with Crippen LogP contribution in [-0.2, 0) is 25.6 Å². The highest BCUT2D eigenvalue weighted by Crippen LogP contribution is 2.39. The summed E-state index contributed by atoms with van der Waals surface area (Å²) in [7, 11) is 3.82. The van der Waals surface area contributed by atoms with Crippen molar-refractivity contribution in [1.82, 2.24) is 25.9 Å². The van der Waals surface area contributed by atoms with Crippen LogP contribution in [0.3, 0.4) is 0 Å². The van der Waals surface area contributed by atoms with Gasteiger partial charge in [-0.05, 0) is 45.1 Å². The molecule has 35 heavy (non-hydrogen) atoms. The lowest BCUT2D eigenvalue weighted by Crippen LogP contribution is -2.54. The molecule has 1 saturated heterocycles. The van der Waals surface area contributed by atoms with Gasteiger partial charge in [-0.2, -0.15) is 0 Å². The number of imidazole rings is 1. The second-order valence-electron chi connectivity index (χ2n) is 8.44. The number of hydrogen-bond donors (Lipinski definition) is 6. The number of amides is 3. The fourth-order valence-corrected chi connectivity index (χ4v) is 6.61. The molecule has 0 spiro atoms. The average Bonchev–Trinajstić information content (AvgIpc) is 3.54. The minimum absolute atomic E-state index is 0.0954. The van der Waals surface area contributed by atoms with Gasteiger partial charge in [-0.25, -0.2) is 9.78 Å². The highest BCUT2D eigenvalue weighted by atomic mass is 33.1. The number of hydrogen-bond acceptors (Lipinski definition) is 8. The zero-order valence-electron chi connectivity index (χ0n) is 19.8. The third-order valence-corrected chi connectivity index (χ3v) is 8.55. The van der Waals surface area contributed by atoms with Gasteiger partial charge < -0.3 is 31.8 Å². The Labute approximate surface area is 213 Å². The van der Waals surface area contributed by atoms with Crippen LogP contribution in [-0.4, -0.2) is 74.9 Å². The van der Waals surface area contributed by atoms with Crippen LogP contribution in [0.4, 0.5) is 0 Å². The van der Waals surface area contributed by atoms with Crippen molar-refractivity contribution in [1.29, 1.82) is 0 Å². The Kier molecular flexibility index (Phi) is 13.6. The summed E-state index contributed by atoms with van der Waals surface area (Å²) in [5.41, 5.74) is 6.06. The molecule has 2 heterocycles. The van der Waals surface area contributed by atoms with Gasteiger partial charge >= 0.3 is 5.97 Å². The number of nitrogens with one attached hydrogen (secondary N) is 4. The number of carboxylic acid groups (broad SMARTS) is 1. The Hall–Kier alpha value is -2.25. The maximum Gasteiger partial charge on any atom is 0.326 e. The number of unbranched alkanes of at least 4 members (excludes halogenated alkanes) is 2. The first-order chi connectivity index (χ1) is 16.9. The van der Waals surface area contributed by atoms with Crippen LogP contribution in [0.1, 0.15) is 57.1 Å². The van der Waals surface area contributed by atoms with Crippen molar-refractivity contribution < 1.29 is 24.3 Å². The number of carbonyl (C=O) groups excluding carboxylic acids is 3. The molecule has 3 amide bonds. The third kappa shape index (κ3) is 11.8. The highest BCUT2D eigenvalue weighted by Gasteiger charge is 2.27. The molecule has 1 aromatic heterocycles. The van der Waals surface area contributed by atoms with Crippen LogP contribution in [0.25, 0.3) is 0 Å². The van der Waals surface area contributed by atoms with E-state index in [9.17, 15) is 24.3 Å². The zero-order valence-corrected chi connectivity index (χ0v) is 21.4. The van der Waals surface area contributed by atoms with Gasteiger partial charge in [-0.1, -0.05) is 28.0 Å². The van der Waals surface area contributed by atoms with Gasteiger partial charge in [-0.3, -0.25) is 14.4 Å². The molecule has 0 aromatic carbocycles. The maximum atomic E-state index is 12.8. The van der Waals surface area contributed by atoms with Crippen LogP contribution in [0.15, 0.2) is 12.5 Å². The van der Waals surface area contributed by atoms with Gasteiger partial charge in [-0.15, -0.1) is 0 Å². The van der Waals surface area contributed by atoms with E-state index in [0.717, 1.165) is 19.3 Å². The largest absolute Gasteiger partial charge is 0.480 e. The first-order valence-corrected chi connectivity index (χ1v) is 14.3. The molecule has 196 valence electrons. The Bertz CT molecular complexity index is 804. The first kappa shape index (κ1) is 29.0. The van der Waals surface area contributed by atoms with Gasteiger partial charge in [0.05, 0.1) is 12.9 Å². The fraction of sp³-hybridized carbons (Fsp3) is 0.682. The lowest BCUT2D eigenvalue weighted by molar-refractivity contribution is -0.142. The van der Waals surface area contributed by atoms with E-state index in [4.69, 9.17) is 5.73 Å². The quantitative estimate of drug-likeness (QED) is 0.127. The molecule has 0 aliphatic carbocycles. The number of carboxylic acids is 1. The molecule has 2 rings (SSSR count). The summed E-state index contributed by atoms with van der Waals surface area (Å²) in [4.78, 5) is 55.7. The summed E-state index contributed by atoms with van der Waals surface area (Å²) >= 11 is 0. The molecule has 0 saturated carbocycles. The molecule has 1 aliphatic heterocycles. The Morgan fingerprint density at radius 2 is 1.97 bits per heavy atom. The topological polar surface area (TPSA) is 179 Å². The molecule has 11 nitrogen and oxygen atoms in total. The molecule has 7 N–H and O–H groups in total. The summed E-state index contributed by atoms with van der Waals surface area (Å²) in [6.07, 6.45) is 8.89. The van der Waals surface area contributed by atoms with E-state index in [2.05, 4.69) is 25.9 Å². The van der Waals surface area contributed by atoms with Gasteiger partial charge in [0.2, 0.25) is 17.7 Å². The van der Waals surface area contributed by atoms with Gasteiger partial charge in [0.15, 0.2) is 0 Å². The molecular formula is C22H36N6O5S2. The van der Waals surface area contributed by atoms with E-state index in [1.54, 1.807) is 0 Å². The summed E-state index contributed by atoms with van der Waals surface area (Å²) in [5.74, 6) is -1.33. The van der Waals surface area contributed by atoms with Gasteiger partial charge in [0.25, 0.3) is 0 Å². The van der Waals surface area contributed by atoms with Crippen molar-refractivity contribution >= 4 is 45.3 Å². The molecular weight excluding hydrogens is 492 g/mol. The minimum atomic E-state index is -1.15. The fourth-order valence-electron chi connectivity index (χ4n) is 3.58.